The van der Waals surface area contributed by atoms with E-state index in [1.54, 1.807) is 12.3 Å². The normalized spacial score (nSPS) is 14.8. The number of hydrogen-bond donors (Lipinski definition) is 1. The molecule has 3 aromatic rings. The summed E-state index contributed by atoms with van der Waals surface area (Å²) < 4.78 is 13.3. The Morgan fingerprint density at radius 1 is 1.19 bits per heavy atom. The van der Waals surface area contributed by atoms with Crippen LogP contribution >= 0.6 is 23.1 Å². The van der Waals surface area contributed by atoms with Gasteiger partial charge in [-0.3, -0.25) is 14.2 Å². The first kappa shape index (κ1) is 26.2. The quantitative estimate of drug-likeness (QED) is 0.266. The predicted molar refractivity (Wildman–Crippen MR) is 139 cm³/mol. The summed E-state index contributed by atoms with van der Waals surface area (Å²) in [4.78, 5) is 28.6. The molecule has 0 aliphatic heterocycles. The van der Waals surface area contributed by atoms with E-state index >= 15 is 0 Å². The number of rotatable bonds is 11. The average molecular weight is 530 g/mol. The van der Waals surface area contributed by atoms with Gasteiger partial charge in [-0.1, -0.05) is 49.2 Å². The third-order valence-corrected chi connectivity index (χ3v) is 7.56. The number of benzene rings is 1. The lowest BCUT2D eigenvalue weighted by Crippen LogP contribution is -2.20. The number of esters is 1. The zero-order valence-electron chi connectivity index (χ0n) is 20.5. The molecule has 1 saturated carbocycles. The minimum Gasteiger partial charge on any atom is -0.483 e. The van der Waals surface area contributed by atoms with Gasteiger partial charge in [-0.25, -0.2) is 4.98 Å². The molecule has 1 atom stereocenters. The van der Waals surface area contributed by atoms with E-state index in [-0.39, 0.29) is 30.2 Å². The predicted octanol–water partition coefficient (Wildman–Crippen LogP) is 5.22. The summed E-state index contributed by atoms with van der Waals surface area (Å²) >= 11 is 2.65. The van der Waals surface area contributed by atoms with E-state index in [9.17, 15) is 9.59 Å². The fraction of sp³-hybridized carbons (Fsp3) is 0.480. The number of carbonyl (C=O) groups is 2. The summed E-state index contributed by atoms with van der Waals surface area (Å²) in [6.45, 7) is 4.07. The van der Waals surface area contributed by atoms with Gasteiger partial charge in [0.2, 0.25) is 5.91 Å². The van der Waals surface area contributed by atoms with Crippen LogP contribution < -0.4 is 10.1 Å². The highest BCUT2D eigenvalue weighted by molar-refractivity contribution is 7.99. The van der Waals surface area contributed by atoms with Crippen molar-refractivity contribution < 1.29 is 19.1 Å². The monoisotopic (exact) mass is 529 g/mol. The van der Waals surface area contributed by atoms with Gasteiger partial charge >= 0.3 is 5.97 Å². The zero-order valence-corrected chi connectivity index (χ0v) is 22.1. The molecule has 11 heteroatoms. The molecular formula is C25H31N5O4S2. The van der Waals surface area contributed by atoms with Gasteiger partial charge in [-0.05, 0) is 38.8 Å². The zero-order chi connectivity index (χ0) is 25.3. The van der Waals surface area contributed by atoms with Gasteiger partial charge in [0.25, 0.3) is 0 Å². The molecule has 0 unspecified atom stereocenters. The van der Waals surface area contributed by atoms with Crippen LogP contribution in [0.3, 0.4) is 0 Å². The lowest BCUT2D eigenvalue weighted by atomic mass is 9.95. The van der Waals surface area contributed by atoms with Crippen molar-refractivity contribution in [1.29, 1.82) is 0 Å². The van der Waals surface area contributed by atoms with Crippen molar-refractivity contribution >= 4 is 40.1 Å². The fourth-order valence-corrected chi connectivity index (χ4v) is 5.73. The van der Waals surface area contributed by atoms with Gasteiger partial charge in [-0.15, -0.1) is 21.5 Å². The molecule has 1 N–H and O–H groups in total. The maximum atomic E-state index is 12.7. The van der Waals surface area contributed by atoms with Crippen LogP contribution in [0.15, 0.2) is 40.9 Å². The molecule has 1 fully saturated rings. The third kappa shape index (κ3) is 7.07. The number of ether oxygens (including phenoxy) is 2. The van der Waals surface area contributed by atoms with Crippen LogP contribution in [0, 0.1) is 0 Å². The van der Waals surface area contributed by atoms with E-state index in [2.05, 4.69) is 25.1 Å². The van der Waals surface area contributed by atoms with Crippen molar-refractivity contribution in [2.24, 2.45) is 0 Å². The molecule has 0 spiro atoms. The second-order valence-electron chi connectivity index (χ2n) is 8.54. The molecule has 2 aromatic heterocycles. The van der Waals surface area contributed by atoms with E-state index in [0.29, 0.717) is 23.5 Å². The average Bonchev–Trinajstić information content (AvgIpc) is 3.51. The topological polar surface area (TPSA) is 108 Å². The first-order valence-corrected chi connectivity index (χ1v) is 14.1. The van der Waals surface area contributed by atoms with Crippen molar-refractivity contribution in [3.8, 4) is 5.75 Å². The van der Waals surface area contributed by atoms with Crippen molar-refractivity contribution in [3.05, 3.63) is 47.2 Å². The van der Waals surface area contributed by atoms with E-state index in [4.69, 9.17) is 9.47 Å². The number of carbonyl (C=O) groups excluding carboxylic acids is 2. The highest BCUT2D eigenvalue weighted by atomic mass is 32.2. The minimum absolute atomic E-state index is 0.0888. The fourth-order valence-electron chi connectivity index (χ4n) is 4.19. The number of thiazole rings is 1. The summed E-state index contributed by atoms with van der Waals surface area (Å²) in [5, 5.41) is 14.7. The Hall–Kier alpha value is -2.92. The van der Waals surface area contributed by atoms with Crippen LogP contribution in [-0.2, 0) is 20.7 Å². The second kappa shape index (κ2) is 12.9. The van der Waals surface area contributed by atoms with Crippen molar-refractivity contribution in [3.63, 3.8) is 0 Å². The van der Waals surface area contributed by atoms with Gasteiger partial charge in [-0.2, -0.15) is 0 Å². The molecule has 9 nitrogen and oxygen atoms in total. The Kier molecular flexibility index (Phi) is 9.35. The van der Waals surface area contributed by atoms with Gasteiger partial charge in [0.1, 0.15) is 5.75 Å². The number of hydrogen-bond acceptors (Lipinski definition) is 9. The highest BCUT2D eigenvalue weighted by Gasteiger charge is 2.27. The van der Waals surface area contributed by atoms with Crippen LogP contribution in [-0.4, -0.2) is 44.0 Å². The molecule has 1 aliphatic carbocycles. The molecule has 0 saturated heterocycles. The maximum absolute atomic E-state index is 12.7. The van der Waals surface area contributed by atoms with Crippen molar-refractivity contribution in [2.75, 3.05) is 17.7 Å². The Morgan fingerprint density at radius 3 is 2.72 bits per heavy atom. The minimum atomic E-state index is -0.334. The molecular weight excluding hydrogens is 498 g/mol. The number of amides is 1. The van der Waals surface area contributed by atoms with Gasteiger partial charge in [0, 0.05) is 11.4 Å². The smallest absolute Gasteiger partial charge is 0.311 e. The Labute approximate surface area is 219 Å². The third-order valence-electron chi connectivity index (χ3n) is 5.81. The maximum Gasteiger partial charge on any atom is 0.311 e. The van der Waals surface area contributed by atoms with Crippen LogP contribution in [0.4, 0.5) is 5.13 Å². The summed E-state index contributed by atoms with van der Waals surface area (Å²) in [7, 11) is 0. The number of nitrogens with one attached hydrogen (secondary N) is 1. The van der Waals surface area contributed by atoms with Crippen molar-refractivity contribution in [2.45, 2.75) is 69.7 Å². The first-order chi connectivity index (χ1) is 17.5. The number of nitrogens with zero attached hydrogens (tertiary/aromatic N) is 4. The van der Waals surface area contributed by atoms with Crippen LogP contribution in [0.2, 0.25) is 0 Å². The van der Waals surface area contributed by atoms with E-state index in [1.165, 1.54) is 42.4 Å². The summed E-state index contributed by atoms with van der Waals surface area (Å²) in [6.07, 6.45) is 5.50. The molecule has 1 aromatic carbocycles. The molecule has 1 amide bonds. The summed E-state index contributed by atoms with van der Waals surface area (Å²) in [5.41, 5.74) is 0.579. The molecule has 2 heterocycles. The standard InChI is InChI=1S/C25H31N5O4S2/c1-3-33-22(32)14-18-15-35-24(26-18)27-21(31)16-36-25-29-28-23(30(25)19-10-6-4-7-11-19)17(2)34-20-12-8-5-9-13-20/h5,8-9,12-13,15,17,19H,3-4,6-7,10-11,14,16H2,1-2H3,(H,26,27,31)/t17-/m1/s1. The Balaban J connectivity index is 1.41. The molecule has 1 aliphatic rings. The Morgan fingerprint density at radius 2 is 1.97 bits per heavy atom. The molecule has 4 rings (SSSR count). The van der Waals surface area contributed by atoms with Crippen LogP contribution in [0.25, 0.3) is 0 Å². The molecule has 192 valence electrons. The summed E-state index contributed by atoms with van der Waals surface area (Å²) in [5.74, 6) is 1.20. The van der Waals surface area contributed by atoms with Crippen LogP contribution in [0.1, 0.15) is 69.6 Å². The number of thioether (sulfide) groups is 1. The molecule has 36 heavy (non-hydrogen) atoms. The van der Waals surface area contributed by atoms with E-state index in [1.807, 2.05) is 37.3 Å². The highest BCUT2D eigenvalue weighted by Crippen LogP contribution is 2.35. The molecule has 0 radical (unpaired) electrons. The van der Waals surface area contributed by atoms with E-state index < -0.39 is 0 Å². The number of anilines is 1. The Bertz CT molecular complexity index is 1140. The van der Waals surface area contributed by atoms with E-state index in [0.717, 1.165) is 29.6 Å². The first-order valence-electron chi connectivity index (χ1n) is 12.2. The van der Waals surface area contributed by atoms with Gasteiger partial charge in [0.15, 0.2) is 22.2 Å². The summed E-state index contributed by atoms with van der Waals surface area (Å²) in [6, 6.07) is 9.98. The van der Waals surface area contributed by atoms with Gasteiger partial charge in [0.05, 0.1) is 24.5 Å². The van der Waals surface area contributed by atoms with Crippen molar-refractivity contribution in [1.82, 2.24) is 19.7 Å². The van der Waals surface area contributed by atoms with Gasteiger partial charge < -0.3 is 14.8 Å². The van der Waals surface area contributed by atoms with Crippen LogP contribution in [0.5, 0.6) is 5.75 Å². The number of para-hydroxylation sites is 1. The lowest BCUT2D eigenvalue weighted by Gasteiger charge is -2.27. The number of aromatic nitrogens is 4. The lowest BCUT2D eigenvalue weighted by molar-refractivity contribution is -0.142. The largest absolute Gasteiger partial charge is 0.483 e. The second-order valence-corrected chi connectivity index (χ2v) is 10.3. The SMILES string of the molecule is CCOC(=O)Cc1csc(NC(=O)CSc2nnc([C@@H](C)Oc3ccccc3)n2C2CCCCC2)n1. The molecule has 0 bridgehead atoms.